The van der Waals surface area contributed by atoms with E-state index in [1.165, 1.54) is 5.57 Å². The molecule has 10 heavy (non-hydrogen) atoms. The third kappa shape index (κ3) is 5.76. The van der Waals surface area contributed by atoms with Crippen LogP contribution in [-0.4, -0.2) is 19.8 Å². The van der Waals surface area contributed by atoms with Gasteiger partial charge in [-0.25, -0.2) is 4.39 Å². The smallest absolute Gasteiger partial charge is 0.116 e. The van der Waals surface area contributed by atoms with E-state index in [0.717, 1.165) is 0 Å². The summed E-state index contributed by atoms with van der Waals surface area (Å²) >= 11 is 0. The van der Waals surface area contributed by atoms with Gasteiger partial charge >= 0.3 is 0 Å². The fourth-order valence-corrected chi connectivity index (χ4v) is 0.668. The molecule has 0 aliphatic heterocycles. The Labute approximate surface area is 62.3 Å². The van der Waals surface area contributed by atoms with Crippen molar-refractivity contribution in [2.24, 2.45) is 0 Å². The summed E-state index contributed by atoms with van der Waals surface area (Å²) in [5, 5.41) is 2.79. The van der Waals surface area contributed by atoms with Gasteiger partial charge in [-0.1, -0.05) is 11.6 Å². The Kier molecular flexibility index (Phi) is 5.22. The predicted molar refractivity (Wildman–Crippen MR) is 42.9 cm³/mol. The van der Waals surface area contributed by atoms with Crippen molar-refractivity contribution in [3.63, 3.8) is 0 Å². The molecule has 0 amide bonds. The van der Waals surface area contributed by atoms with E-state index in [2.05, 4.69) is 5.32 Å². The van der Waals surface area contributed by atoms with Crippen molar-refractivity contribution in [1.29, 1.82) is 0 Å². The fraction of sp³-hybridized carbons (Fsp3) is 0.750. The molecule has 0 radical (unpaired) electrons. The Morgan fingerprint density at radius 2 is 2.20 bits per heavy atom. The predicted octanol–water partition coefficient (Wildman–Crippen LogP) is 1.90. The minimum atomic E-state index is -0.736. The molecule has 0 aliphatic carbocycles. The lowest BCUT2D eigenvalue weighted by Gasteiger charge is -2.02. The van der Waals surface area contributed by atoms with Gasteiger partial charge in [0.15, 0.2) is 0 Å². The molecule has 0 spiro atoms. The molecule has 0 unspecified atom stereocenters. The number of hydrogen-bond acceptors (Lipinski definition) is 1. The number of alkyl halides is 1. The molecule has 0 aliphatic rings. The van der Waals surface area contributed by atoms with Gasteiger partial charge in [0, 0.05) is 6.54 Å². The van der Waals surface area contributed by atoms with Crippen LogP contribution in [0.25, 0.3) is 0 Å². The first-order valence-electron chi connectivity index (χ1n) is 3.59. The van der Waals surface area contributed by atoms with Gasteiger partial charge in [0.1, 0.15) is 6.17 Å². The normalized spacial score (nSPS) is 12.8. The van der Waals surface area contributed by atoms with Crippen molar-refractivity contribution in [2.45, 2.75) is 26.4 Å². The molecule has 2 heteroatoms. The van der Waals surface area contributed by atoms with E-state index in [1.807, 2.05) is 19.9 Å². The standard InChI is InChI=1S/C8H16FN/c1-7(2)4-5-8(9)6-10-3/h4,8,10H,5-6H2,1-3H3/t8-/m0/s1. The molecule has 0 saturated heterocycles. The van der Waals surface area contributed by atoms with Crippen LogP contribution in [0.5, 0.6) is 0 Å². The average Bonchev–Trinajstić information content (AvgIpc) is 1.85. The maximum Gasteiger partial charge on any atom is 0.116 e. The first-order chi connectivity index (χ1) is 4.66. The third-order valence-electron chi connectivity index (χ3n) is 1.21. The van der Waals surface area contributed by atoms with Crippen LogP contribution in [0.2, 0.25) is 0 Å². The molecule has 0 aromatic heterocycles. The number of nitrogens with one attached hydrogen (secondary N) is 1. The molecule has 0 aromatic carbocycles. The summed E-state index contributed by atoms with van der Waals surface area (Å²) in [6.45, 7) is 4.40. The Morgan fingerprint density at radius 1 is 1.60 bits per heavy atom. The van der Waals surface area contributed by atoms with Crippen molar-refractivity contribution in [3.05, 3.63) is 11.6 Å². The van der Waals surface area contributed by atoms with Gasteiger partial charge in [-0.05, 0) is 27.3 Å². The van der Waals surface area contributed by atoms with Crippen LogP contribution >= 0.6 is 0 Å². The highest BCUT2D eigenvalue weighted by Crippen LogP contribution is 2.00. The van der Waals surface area contributed by atoms with E-state index in [4.69, 9.17) is 0 Å². The molecule has 0 aromatic rings. The fourth-order valence-electron chi connectivity index (χ4n) is 0.668. The molecule has 0 fully saturated rings. The second-order valence-corrected chi connectivity index (χ2v) is 2.67. The van der Waals surface area contributed by atoms with Crippen molar-refractivity contribution in [3.8, 4) is 0 Å². The Morgan fingerprint density at radius 3 is 2.60 bits per heavy atom. The molecule has 0 bridgehead atoms. The van der Waals surface area contributed by atoms with Crippen molar-refractivity contribution >= 4 is 0 Å². The molecule has 0 rings (SSSR count). The van der Waals surface area contributed by atoms with Gasteiger partial charge in [-0.3, -0.25) is 0 Å². The summed E-state index contributed by atoms with van der Waals surface area (Å²) in [7, 11) is 1.76. The molecule has 1 atom stereocenters. The van der Waals surface area contributed by atoms with Crippen molar-refractivity contribution < 1.29 is 4.39 Å². The van der Waals surface area contributed by atoms with Crippen LogP contribution in [0.4, 0.5) is 4.39 Å². The SMILES string of the molecule is CNC[C@@H](F)CC=C(C)C. The van der Waals surface area contributed by atoms with Crippen LogP contribution in [0, 0.1) is 0 Å². The minimum absolute atomic E-state index is 0.448. The summed E-state index contributed by atoms with van der Waals surface area (Å²) in [6, 6.07) is 0. The highest BCUT2D eigenvalue weighted by Gasteiger charge is 2.00. The van der Waals surface area contributed by atoms with E-state index in [9.17, 15) is 4.39 Å². The van der Waals surface area contributed by atoms with Gasteiger partial charge in [-0.15, -0.1) is 0 Å². The largest absolute Gasteiger partial charge is 0.317 e. The first kappa shape index (κ1) is 9.63. The Hall–Kier alpha value is -0.370. The monoisotopic (exact) mass is 145 g/mol. The van der Waals surface area contributed by atoms with E-state index >= 15 is 0 Å². The zero-order valence-electron chi connectivity index (χ0n) is 6.95. The third-order valence-corrected chi connectivity index (χ3v) is 1.21. The number of halogens is 1. The summed E-state index contributed by atoms with van der Waals surface area (Å²) in [5.74, 6) is 0. The quantitative estimate of drug-likeness (QED) is 0.596. The van der Waals surface area contributed by atoms with E-state index < -0.39 is 6.17 Å². The zero-order valence-corrected chi connectivity index (χ0v) is 6.95. The molecule has 1 nitrogen and oxygen atoms in total. The summed E-state index contributed by atoms with van der Waals surface area (Å²) < 4.78 is 12.7. The van der Waals surface area contributed by atoms with Crippen molar-refractivity contribution in [1.82, 2.24) is 5.32 Å². The van der Waals surface area contributed by atoms with E-state index in [-0.39, 0.29) is 0 Å². The molecular weight excluding hydrogens is 129 g/mol. The zero-order chi connectivity index (χ0) is 7.98. The summed E-state index contributed by atoms with van der Waals surface area (Å²) in [6.07, 6.45) is 1.71. The van der Waals surface area contributed by atoms with Gasteiger partial charge in [0.25, 0.3) is 0 Å². The number of hydrogen-bond donors (Lipinski definition) is 1. The van der Waals surface area contributed by atoms with Gasteiger partial charge < -0.3 is 5.32 Å². The highest BCUT2D eigenvalue weighted by molar-refractivity contribution is 4.94. The average molecular weight is 145 g/mol. The molecule has 1 N–H and O–H groups in total. The summed E-state index contributed by atoms with van der Waals surface area (Å²) in [4.78, 5) is 0. The van der Waals surface area contributed by atoms with Crippen LogP contribution in [0.3, 0.4) is 0 Å². The van der Waals surface area contributed by atoms with Crippen LogP contribution in [0.1, 0.15) is 20.3 Å². The van der Waals surface area contributed by atoms with Crippen LogP contribution in [-0.2, 0) is 0 Å². The highest BCUT2D eigenvalue weighted by atomic mass is 19.1. The Balaban J connectivity index is 3.38. The molecule has 60 valence electrons. The second kappa shape index (κ2) is 5.42. The Bertz CT molecular complexity index is 106. The lowest BCUT2D eigenvalue weighted by molar-refractivity contribution is 0.328. The van der Waals surface area contributed by atoms with Gasteiger partial charge in [-0.2, -0.15) is 0 Å². The maximum absolute atomic E-state index is 12.7. The molecule has 0 heterocycles. The maximum atomic E-state index is 12.7. The van der Waals surface area contributed by atoms with Crippen molar-refractivity contribution in [2.75, 3.05) is 13.6 Å². The first-order valence-corrected chi connectivity index (χ1v) is 3.59. The summed E-state index contributed by atoms with van der Waals surface area (Å²) in [5.41, 5.74) is 1.18. The van der Waals surface area contributed by atoms with Crippen LogP contribution in [0.15, 0.2) is 11.6 Å². The van der Waals surface area contributed by atoms with Gasteiger partial charge in [0.05, 0.1) is 0 Å². The van der Waals surface area contributed by atoms with Crippen LogP contribution < -0.4 is 5.32 Å². The second-order valence-electron chi connectivity index (χ2n) is 2.67. The van der Waals surface area contributed by atoms with E-state index in [1.54, 1.807) is 7.05 Å². The van der Waals surface area contributed by atoms with E-state index in [0.29, 0.717) is 13.0 Å². The van der Waals surface area contributed by atoms with Gasteiger partial charge in [0.2, 0.25) is 0 Å². The minimum Gasteiger partial charge on any atom is -0.317 e. The number of allylic oxidation sites excluding steroid dienone is 2. The lowest BCUT2D eigenvalue weighted by Crippen LogP contribution is -2.18. The number of rotatable bonds is 4. The lowest BCUT2D eigenvalue weighted by atomic mass is 10.2. The molecular formula is C8H16FN. The molecule has 0 saturated carbocycles. The topological polar surface area (TPSA) is 12.0 Å².